The highest BCUT2D eigenvalue weighted by Crippen LogP contribution is 2.25. The van der Waals surface area contributed by atoms with Crippen LogP contribution >= 0.6 is 0 Å². The first-order valence-corrected chi connectivity index (χ1v) is 9.07. The van der Waals surface area contributed by atoms with Gasteiger partial charge in [0.2, 0.25) is 0 Å². The molecule has 1 saturated heterocycles. The standard InChI is InChI=1S/C20H23FN4O/c21-17-7-5-15(6-8-17)20-16(13-23-24-20)12-22-14-18(19-4-3-11-26-19)25-9-1-2-10-25/h3-8,11,13,18,22H,1-2,9-10,12,14H2,(H,23,24)/t18-/m1/s1. The first-order valence-electron chi connectivity index (χ1n) is 9.07. The molecule has 1 aromatic carbocycles. The van der Waals surface area contributed by atoms with Crippen LogP contribution in [0.3, 0.4) is 0 Å². The van der Waals surface area contributed by atoms with Gasteiger partial charge in [-0.2, -0.15) is 5.10 Å². The lowest BCUT2D eigenvalue weighted by Crippen LogP contribution is -2.33. The topological polar surface area (TPSA) is 57.1 Å². The summed E-state index contributed by atoms with van der Waals surface area (Å²) in [6.45, 7) is 3.72. The monoisotopic (exact) mass is 354 g/mol. The number of halogens is 1. The van der Waals surface area contributed by atoms with Crippen molar-refractivity contribution in [3.8, 4) is 11.3 Å². The molecule has 0 amide bonds. The van der Waals surface area contributed by atoms with Crippen LogP contribution in [-0.2, 0) is 6.54 Å². The van der Waals surface area contributed by atoms with E-state index >= 15 is 0 Å². The Morgan fingerprint density at radius 3 is 2.73 bits per heavy atom. The van der Waals surface area contributed by atoms with Crippen molar-refractivity contribution in [1.29, 1.82) is 0 Å². The first-order chi connectivity index (χ1) is 12.8. The second kappa shape index (κ2) is 7.85. The van der Waals surface area contributed by atoms with Gasteiger partial charge in [-0.3, -0.25) is 10.00 Å². The van der Waals surface area contributed by atoms with Crippen molar-refractivity contribution in [2.75, 3.05) is 19.6 Å². The second-order valence-electron chi connectivity index (χ2n) is 6.68. The van der Waals surface area contributed by atoms with Crippen LogP contribution in [0.2, 0.25) is 0 Å². The molecule has 136 valence electrons. The lowest BCUT2D eigenvalue weighted by molar-refractivity contribution is 0.209. The SMILES string of the molecule is Fc1ccc(-c2[nH]ncc2CNC[C@H](c2ccco2)N2CCCC2)cc1. The van der Waals surface area contributed by atoms with Gasteiger partial charge in [0.15, 0.2) is 0 Å². The Balaban J connectivity index is 1.42. The third-order valence-electron chi connectivity index (χ3n) is 4.96. The number of aromatic nitrogens is 2. The second-order valence-corrected chi connectivity index (χ2v) is 6.68. The summed E-state index contributed by atoms with van der Waals surface area (Å²) in [6.07, 6.45) is 6.05. The molecular weight excluding hydrogens is 331 g/mol. The summed E-state index contributed by atoms with van der Waals surface area (Å²) in [6, 6.07) is 10.7. The lowest BCUT2D eigenvalue weighted by atomic mass is 10.1. The van der Waals surface area contributed by atoms with Crippen molar-refractivity contribution in [1.82, 2.24) is 20.4 Å². The van der Waals surface area contributed by atoms with E-state index in [1.54, 1.807) is 18.4 Å². The van der Waals surface area contributed by atoms with Gasteiger partial charge in [0, 0.05) is 24.2 Å². The van der Waals surface area contributed by atoms with E-state index in [0.717, 1.165) is 42.2 Å². The highest BCUT2D eigenvalue weighted by Gasteiger charge is 2.25. The molecule has 0 unspecified atom stereocenters. The highest BCUT2D eigenvalue weighted by atomic mass is 19.1. The molecule has 26 heavy (non-hydrogen) atoms. The zero-order valence-corrected chi connectivity index (χ0v) is 14.6. The van der Waals surface area contributed by atoms with Gasteiger partial charge < -0.3 is 9.73 Å². The van der Waals surface area contributed by atoms with Gasteiger partial charge in [0.25, 0.3) is 0 Å². The van der Waals surface area contributed by atoms with Gasteiger partial charge in [-0.25, -0.2) is 4.39 Å². The summed E-state index contributed by atoms with van der Waals surface area (Å²) in [4.78, 5) is 2.47. The molecule has 1 aliphatic rings. The molecule has 0 aliphatic carbocycles. The normalized spacial score (nSPS) is 16.2. The maximum atomic E-state index is 13.2. The summed E-state index contributed by atoms with van der Waals surface area (Å²) in [5.74, 6) is 0.769. The molecular formula is C20H23FN4O. The van der Waals surface area contributed by atoms with E-state index in [2.05, 4.69) is 20.4 Å². The quantitative estimate of drug-likeness (QED) is 0.679. The summed E-state index contributed by atoms with van der Waals surface area (Å²) >= 11 is 0. The van der Waals surface area contributed by atoms with Crippen LogP contribution in [0.15, 0.2) is 53.3 Å². The van der Waals surface area contributed by atoms with E-state index < -0.39 is 0 Å². The number of rotatable bonds is 7. The molecule has 2 aromatic heterocycles. The number of likely N-dealkylation sites (tertiary alicyclic amines) is 1. The number of nitrogens with zero attached hydrogens (tertiary/aromatic N) is 2. The third-order valence-corrected chi connectivity index (χ3v) is 4.96. The number of aromatic amines is 1. The predicted octanol–water partition coefficient (Wildman–Crippen LogP) is 3.74. The molecule has 0 spiro atoms. The fraction of sp³-hybridized carbons (Fsp3) is 0.350. The molecule has 3 heterocycles. The van der Waals surface area contributed by atoms with Crippen LogP contribution in [0.25, 0.3) is 11.3 Å². The molecule has 4 rings (SSSR count). The minimum absolute atomic E-state index is 0.236. The molecule has 0 radical (unpaired) electrons. The van der Waals surface area contributed by atoms with Crippen molar-refractivity contribution in [2.24, 2.45) is 0 Å². The minimum atomic E-state index is -0.236. The van der Waals surface area contributed by atoms with Crippen molar-refractivity contribution in [3.63, 3.8) is 0 Å². The molecule has 1 aliphatic heterocycles. The van der Waals surface area contributed by atoms with Crippen molar-refractivity contribution >= 4 is 0 Å². The van der Waals surface area contributed by atoms with Gasteiger partial charge in [-0.1, -0.05) is 0 Å². The molecule has 0 bridgehead atoms. The number of hydrogen-bond acceptors (Lipinski definition) is 4. The van der Waals surface area contributed by atoms with E-state index in [1.807, 2.05) is 18.3 Å². The summed E-state index contributed by atoms with van der Waals surface area (Å²) < 4.78 is 18.8. The average molecular weight is 354 g/mol. The Bertz CT molecular complexity index is 807. The van der Waals surface area contributed by atoms with Crippen molar-refractivity contribution < 1.29 is 8.81 Å². The molecule has 6 heteroatoms. The Hall–Kier alpha value is -2.44. The van der Waals surface area contributed by atoms with E-state index in [9.17, 15) is 4.39 Å². The molecule has 1 fully saturated rings. The molecule has 3 aromatic rings. The Morgan fingerprint density at radius 2 is 2.00 bits per heavy atom. The summed E-state index contributed by atoms with van der Waals surface area (Å²) in [7, 11) is 0. The van der Waals surface area contributed by atoms with Crippen LogP contribution in [0.1, 0.15) is 30.2 Å². The van der Waals surface area contributed by atoms with Crippen LogP contribution in [0, 0.1) is 5.82 Å². The van der Waals surface area contributed by atoms with Crippen LogP contribution < -0.4 is 5.32 Å². The van der Waals surface area contributed by atoms with Gasteiger partial charge in [-0.05, 0) is 62.3 Å². The number of hydrogen-bond donors (Lipinski definition) is 2. The Labute approximate surface area is 152 Å². The summed E-state index contributed by atoms with van der Waals surface area (Å²) in [5.41, 5.74) is 2.92. The maximum absolute atomic E-state index is 13.2. The number of nitrogens with one attached hydrogen (secondary N) is 2. The number of H-pyrrole nitrogens is 1. The van der Waals surface area contributed by atoms with Crippen LogP contribution in [0.4, 0.5) is 4.39 Å². The highest BCUT2D eigenvalue weighted by molar-refractivity contribution is 5.62. The minimum Gasteiger partial charge on any atom is -0.468 e. The van der Waals surface area contributed by atoms with Gasteiger partial charge in [-0.15, -0.1) is 0 Å². The average Bonchev–Trinajstić information content (AvgIpc) is 3.41. The largest absolute Gasteiger partial charge is 0.468 e. The van der Waals surface area contributed by atoms with Crippen LogP contribution in [-0.4, -0.2) is 34.7 Å². The van der Waals surface area contributed by atoms with Crippen LogP contribution in [0.5, 0.6) is 0 Å². The zero-order chi connectivity index (χ0) is 17.8. The molecule has 1 atom stereocenters. The Kier molecular flexibility index (Phi) is 5.13. The van der Waals surface area contributed by atoms with E-state index in [0.29, 0.717) is 6.54 Å². The van der Waals surface area contributed by atoms with Gasteiger partial charge in [0.1, 0.15) is 11.6 Å². The van der Waals surface area contributed by atoms with E-state index in [1.165, 1.54) is 25.0 Å². The molecule has 5 nitrogen and oxygen atoms in total. The van der Waals surface area contributed by atoms with Crippen molar-refractivity contribution in [2.45, 2.75) is 25.4 Å². The fourth-order valence-corrected chi connectivity index (χ4v) is 3.60. The maximum Gasteiger partial charge on any atom is 0.123 e. The number of furan rings is 1. The first kappa shape index (κ1) is 17.0. The zero-order valence-electron chi connectivity index (χ0n) is 14.6. The van der Waals surface area contributed by atoms with Crippen molar-refractivity contribution in [3.05, 3.63) is 66.0 Å². The Morgan fingerprint density at radius 1 is 1.19 bits per heavy atom. The summed E-state index contributed by atoms with van der Waals surface area (Å²) in [5, 5.41) is 10.7. The third kappa shape index (κ3) is 3.71. The lowest BCUT2D eigenvalue weighted by Gasteiger charge is -2.26. The predicted molar refractivity (Wildman–Crippen MR) is 97.9 cm³/mol. The fourth-order valence-electron chi connectivity index (χ4n) is 3.60. The van der Waals surface area contributed by atoms with E-state index in [-0.39, 0.29) is 11.9 Å². The molecule has 2 N–H and O–H groups in total. The molecule has 0 saturated carbocycles. The van der Waals surface area contributed by atoms with Gasteiger partial charge >= 0.3 is 0 Å². The smallest absolute Gasteiger partial charge is 0.123 e. The van der Waals surface area contributed by atoms with E-state index in [4.69, 9.17) is 4.42 Å². The van der Waals surface area contributed by atoms with Gasteiger partial charge in [0.05, 0.1) is 24.2 Å². The number of benzene rings is 1.